The zero-order valence-corrected chi connectivity index (χ0v) is 15.6. The van der Waals surface area contributed by atoms with Gasteiger partial charge in [0.25, 0.3) is 0 Å². The van der Waals surface area contributed by atoms with Gasteiger partial charge in [0.1, 0.15) is 0 Å². The maximum absolute atomic E-state index is 12.3. The van der Waals surface area contributed by atoms with Crippen LogP contribution >= 0.6 is 0 Å². The summed E-state index contributed by atoms with van der Waals surface area (Å²) in [6.45, 7) is 6.35. The second-order valence-electron chi connectivity index (χ2n) is 5.56. The SMILES string of the molecule is CCC[CH2][Sn]1([CH2]CCC)[O]C(=O)c2cccc(C)c2[O]1. The topological polar surface area (TPSA) is 35.5 Å². The standard InChI is InChI=1S/C8H8O3.2C4H9.Sn/c1-5-3-2-4-6(7(5)9)8(10)11;2*1-3-4-2;/h2-4,9H,1H3,(H,10,11);2*1,3-4H2,2H3;/q;;;+2/p-2. The number of carbonyl (C=O) groups excluding carboxylic acids is 1. The van der Waals surface area contributed by atoms with Gasteiger partial charge in [-0.15, -0.1) is 0 Å². The van der Waals surface area contributed by atoms with E-state index >= 15 is 0 Å². The van der Waals surface area contributed by atoms with Crippen molar-refractivity contribution >= 4 is 25.2 Å². The fourth-order valence-electron chi connectivity index (χ4n) is 2.60. The van der Waals surface area contributed by atoms with Crippen LogP contribution in [0.3, 0.4) is 0 Å². The molecule has 0 saturated heterocycles. The van der Waals surface area contributed by atoms with Crippen LogP contribution in [0.25, 0.3) is 0 Å². The average molecular weight is 383 g/mol. The Bertz CT molecular complexity index is 477. The minimum atomic E-state index is -3.27. The van der Waals surface area contributed by atoms with E-state index in [1.54, 1.807) is 6.07 Å². The molecule has 2 rings (SSSR count). The fourth-order valence-corrected chi connectivity index (χ4v) is 12.8. The van der Waals surface area contributed by atoms with Crippen molar-refractivity contribution in [3.63, 3.8) is 0 Å². The van der Waals surface area contributed by atoms with Gasteiger partial charge < -0.3 is 0 Å². The third-order valence-corrected chi connectivity index (χ3v) is 13.4. The Hall–Kier alpha value is -0.711. The molecular formula is C16H24O3Sn. The van der Waals surface area contributed by atoms with Gasteiger partial charge in [-0.3, -0.25) is 0 Å². The Morgan fingerprint density at radius 2 is 1.70 bits per heavy atom. The maximum atomic E-state index is 12.3. The number of rotatable bonds is 6. The van der Waals surface area contributed by atoms with Crippen LogP contribution < -0.4 is 3.07 Å². The molecule has 0 amide bonds. The number of hydrogen-bond acceptors (Lipinski definition) is 3. The Labute approximate surface area is 126 Å². The summed E-state index contributed by atoms with van der Waals surface area (Å²) >= 11 is -3.27. The van der Waals surface area contributed by atoms with E-state index < -0.39 is 19.2 Å². The van der Waals surface area contributed by atoms with E-state index in [1.807, 2.05) is 19.1 Å². The van der Waals surface area contributed by atoms with E-state index in [4.69, 9.17) is 6.15 Å². The summed E-state index contributed by atoms with van der Waals surface area (Å²) in [6.07, 6.45) is 4.42. The van der Waals surface area contributed by atoms with E-state index in [9.17, 15) is 4.79 Å². The molecule has 4 heteroatoms. The van der Waals surface area contributed by atoms with Crippen molar-refractivity contribution in [3.8, 4) is 5.75 Å². The first kappa shape index (κ1) is 15.7. The van der Waals surface area contributed by atoms with Crippen LogP contribution in [-0.4, -0.2) is 25.2 Å². The Balaban J connectivity index is 2.31. The van der Waals surface area contributed by atoms with E-state index in [-0.39, 0.29) is 5.97 Å². The third-order valence-electron chi connectivity index (χ3n) is 3.82. The fraction of sp³-hybridized carbons (Fsp3) is 0.562. The molecule has 20 heavy (non-hydrogen) atoms. The van der Waals surface area contributed by atoms with Gasteiger partial charge in [-0.25, -0.2) is 0 Å². The van der Waals surface area contributed by atoms with Gasteiger partial charge in [-0.05, 0) is 0 Å². The summed E-state index contributed by atoms with van der Waals surface area (Å²) in [4.78, 5) is 12.3. The summed E-state index contributed by atoms with van der Waals surface area (Å²) in [5.74, 6) is 0.643. The molecule has 0 fully saturated rings. The summed E-state index contributed by atoms with van der Waals surface area (Å²) in [6, 6.07) is 5.70. The average Bonchev–Trinajstić information content (AvgIpc) is 2.44. The molecule has 0 radical (unpaired) electrons. The van der Waals surface area contributed by atoms with Crippen LogP contribution in [0.5, 0.6) is 5.75 Å². The van der Waals surface area contributed by atoms with Gasteiger partial charge in [-0.1, -0.05) is 0 Å². The zero-order valence-electron chi connectivity index (χ0n) is 12.7. The number of unbranched alkanes of at least 4 members (excludes halogenated alkanes) is 2. The van der Waals surface area contributed by atoms with Crippen LogP contribution in [0.1, 0.15) is 55.5 Å². The second kappa shape index (κ2) is 6.83. The molecule has 0 N–H and O–H groups in total. The molecule has 0 aliphatic carbocycles. The molecular weight excluding hydrogens is 359 g/mol. The van der Waals surface area contributed by atoms with E-state index in [0.29, 0.717) is 5.56 Å². The van der Waals surface area contributed by atoms with Crippen LogP contribution in [0.15, 0.2) is 18.2 Å². The molecule has 1 aromatic carbocycles. The van der Waals surface area contributed by atoms with Gasteiger partial charge in [0, 0.05) is 0 Å². The molecule has 1 aromatic rings. The van der Waals surface area contributed by atoms with Crippen molar-refractivity contribution in [2.45, 2.75) is 55.3 Å². The molecule has 0 bridgehead atoms. The van der Waals surface area contributed by atoms with Crippen molar-refractivity contribution < 1.29 is 10.9 Å². The van der Waals surface area contributed by atoms with Crippen molar-refractivity contribution in [1.82, 2.24) is 0 Å². The first-order valence-electron chi connectivity index (χ1n) is 7.64. The van der Waals surface area contributed by atoms with Crippen molar-refractivity contribution in [2.24, 2.45) is 0 Å². The molecule has 1 aliphatic heterocycles. The monoisotopic (exact) mass is 384 g/mol. The zero-order chi connectivity index (χ0) is 14.6. The predicted molar refractivity (Wildman–Crippen MR) is 82.4 cm³/mol. The van der Waals surface area contributed by atoms with Gasteiger partial charge in [0.15, 0.2) is 0 Å². The number of aryl methyl sites for hydroxylation is 1. The normalized spacial score (nSPS) is 16.2. The van der Waals surface area contributed by atoms with E-state index in [0.717, 1.165) is 45.9 Å². The number of para-hydroxylation sites is 1. The molecule has 3 nitrogen and oxygen atoms in total. The van der Waals surface area contributed by atoms with Crippen molar-refractivity contribution in [2.75, 3.05) is 0 Å². The van der Waals surface area contributed by atoms with Gasteiger partial charge in [-0.2, -0.15) is 0 Å². The van der Waals surface area contributed by atoms with E-state index in [2.05, 4.69) is 13.8 Å². The molecule has 0 aromatic heterocycles. The van der Waals surface area contributed by atoms with Gasteiger partial charge >= 0.3 is 127 Å². The molecule has 110 valence electrons. The number of hydrogen-bond donors (Lipinski definition) is 0. The number of carbonyl (C=O) groups is 1. The molecule has 0 atom stereocenters. The van der Waals surface area contributed by atoms with Gasteiger partial charge in [0.05, 0.1) is 0 Å². The Morgan fingerprint density at radius 3 is 2.30 bits per heavy atom. The van der Waals surface area contributed by atoms with Crippen LogP contribution in [0.4, 0.5) is 0 Å². The first-order chi connectivity index (χ1) is 9.62. The molecule has 0 spiro atoms. The summed E-state index contributed by atoms with van der Waals surface area (Å²) in [7, 11) is 0. The van der Waals surface area contributed by atoms with Crippen molar-refractivity contribution in [3.05, 3.63) is 29.3 Å². The van der Waals surface area contributed by atoms with Crippen molar-refractivity contribution in [1.29, 1.82) is 0 Å². The molecule has 1 aliphatic rings. The second-order valence-corrected chi connectivity index (χ2v) is 14.8. The van der Waals surface area contributed by atoms with Crippen LogP contribution in [0.2, 0.25) is 8.87 Å². The number of benzene rings is 1. The quantitative estimate of drug-likeness (QED) is 0.675. The summed E-state index contributed by atoms with van der Waals surface area (Å²) in [5, 5.41) is 0. The van der Waals surface area contributed by atoms with Crippen LogP contribution in [-0.2, 0) is 3.07 Å². The molecule has 1 heterocycles. The third kappa shape index (κ3) is 3.30. The predicted octanol–water partition coefficient (Wildman–Crippen LogP) is 4.59. The molecule has 0 saturated carbocycles. The Morgan fingerprint density at radius 1 is 1.05 bits per heavy atom. The number of fused-ring (bicyclic) bond motifs is 1. The summed E-state index contributed by atoms with van der Waals surface area (Å²) in [5.41, 5.74) is 1.65. The first-order valence-corrected chi connectivity index (χ1v) is 14.0. The van der Waals surface area contributed by atoms with E-state index in [1.165, 1.54) is 0 Å². The minimum absolute atomic E-state index is 0.155. The Kier molecular flexibility index (Phi) is 5.35. The van der Waals surface area contributed by atoms with Gasteiger partial charge in [0.2, 0.25) is 0 Å². The molecule has 0 unspecified atom stereocenters. The van der Waals surface area contributed by atoms with Crippen LogP contribution in [0, 0.1) is 6.92 Å². The summed E-state index contributed by atoms with van der Waals surface area (Å²) < 4.78 is 14.3.